The topological polar surface area (TPSA) is 51.5 Å². The molecule has 0 atom stereocenters. The van der Waals surface area contributed by atoms with Crippen LogP contribution in [0.4, 0.5) is 0 Å². The molecule has 23 heavy (non-hydrogen) atoms. The van der Waals surface area contributed by atoms with Crippen molar-refractivity contribution in [2.75, 3.05) is 6.61 Å². The Hall–Kier alpha value is -2.37. The van der Waals surface area contributed by atoms with Gasteiger partial charge >= 0.3 is 0 Å². The van der Waals surface area contributed by atoms with E-state index in [9.17, 15) is 4.79 Å². The largest absolute Gasteiger partial charge is 0.458 e. The van der Waals surface area contributed by atoms with Gasteiger partial charge in [-0.3, -0.25) is 4.79 Å². The Bertz CT molecular complexity index is 735. The van der Waals surface area contributed by atoms with Gasteiger partial charge in [0.25, 0.3) is 0 Å². The van der Waals surface area contributed by atoms with Crippen LogP contribution in [-0.4, -0.2) is 12.5 Å². The van der Waals surface area contributed by atoms with E-state index in [1.54, 1.807) is 11.3 Å². The van der Waals surface area contributed by atoms with Gasteiger partial charge in [0.15, 0.2) is 0 Å². The molecule has 4 nitrogen and oxygen atoms in total. The lowest BCUT2D eigenvalue weighted by atomic mass is 10.2. The summed E-state index contributed by atoms with van der Waals surface area (Å²) in [6.07, 6.45) is 0. The van der Waals surface area contributed by atoms with Crippen molar-refractivity contribution in [3.63, 3.8) is 0 Å². The molecule has 118 valence electrons. The molecule has 0 aliphatic heterocycles. The van der Waals surface area contributed by atoms with Crippen LogP contribution in [0.3, 0.4) is 0 Å². The molecule has 1 aromatic carbocycles. The Morgan fingerprint density at radius 1 is 1.09 bits per heavy atom. The van der Waals surface area contributed by atoms with Gasteiger partial charge in [-0.25, -0.2) is 0 Å². The number of furan rings is 1. The first-order valence-corrected chi connectivity index (χ1v) is 8.20. The minimum absolute atomic E-state index is 0.0351. The molecule has 0 saturated heterocycles. The quantitative estimate of drug-likeness (QED) is 0.717. The predicted octanol–water partition coefficient (Wildman–Crippen LogP) is 3.84. The lowest BCUT2D eigenvalue weighted by Gasteiger charge is -2.05. The average molecular weight is 327 g/mol. The van der Waals surface area contributed by atoms with Crippen molar-refractivity contribution < 1.29 is 13.9 Å². The number of amides is 1. The number of hydrogen-bond acceptors (Lipinski definition) is 4. The highest BCUT2D eigenvalue weighted by Crippen LogP contribution is 2.26. The zero-order chi connectivity index (χ0) is 15.9. The smallest absolute Gasteiger partial charge is 0.246 e. The molecule has 2 aromatic heterocycles. The van der Waals surface area contributed by atoms with E-state index in [1.807, 2.05) is 60.0 Å². The number of nitrogens with one attached hydrogen (secondary N) is 1. The lowest BCUT2D eigenvalue weighted by Crippen LogP contribution is -2.26. The number of ether oxygens (including phenoxy) is 1. The number of rotatable bonds is 7. The van der Waals surface area contributed by atoms with Gasteiger partial charge in [-0.2, -0.15) is 0 Å². The molecular weight excluding hydrogens is 310 g/mol. The second-order valence-corrected chi connectivity index (χ2v) is 5.95. The summed E-state index contributed by atoms with van der Waals surface area (Å²) >= 11 is 1.62. The molecule has 1 amide bonds. The van der Waals surface area contributed by atoms with Crippen molar-refractivity contribution in [1.29, 1.82) is 0 Å². The first-order valence-electron chi connectivity index (χ1n) is 7.32. The Balaban J connectivity index is 1.41. The van der Waals surface area contributed by atoms with E-state index < -0.39 is 0 Å². The van der Waals surface area contributed by atoms with Crippen LogP contribution >= 0.6 is 11.3 Å². The summed E-state index contributed by atoms with van der Waals surface area (Å²) in [7, 11) is 0. The van der Waals surface area contributed by atoms with Crippen LogP contribution in [0.5, 0.6) is 0 Å². The normalized spacial score (nSPS) is 10.6. The summed E-state index contributed by atoms with van der Waals surface area (Å²) in [5, 5.41) is 4.79. The van der Waals surface area contributed by atoms with Crippen LogP contribution in [0.2, 0.25) is 0 Å². The zero-order valence-electron chi connectivity index (χ0n) is 12.5. The molecule has 3 aromatic rings. The third kappa shape index (κ3) is 4.55. The monoisotopic (exact) mass is 327 g/mol. The van der Waals surface area contributed by atoms with E-state index in [0.717, 1.165) is 22.0 Å². The Morgan fingerprint density at radius 3 is 2.74 bits per heavy atom. The molecule has 0 fully saturated rings. The van der Waals surface area contributed by atoms with Crippen LogP contribution in [0, 0.1) is 0 Å². The van der Waals surface area contributed by atoms with Crippen LogP contribution in [0.25, 0.3) is 10.6 Å². The van der Waals surface area contributed by atoms with Crippen LogP contribution < -0.4 is 5.32 Å². The number of carbonyl (C=O) groups excluding carboxylic acids is 1. The van der Waals surface area contributed by atoms with Gasteiger partial charge in [-0.05, 0) is 29.1 Å². The third-order valence-electron chi connectivity index (χ3n) is 3.23. The van der Waals surface area contributed by atoms with Gasteiger partial charge in [0, 0.05) is 0 Å². The minimum atomic E-state index is -0.157. The molecular formula is C18H17NO3S. The summed E-state index contributed by atoms with van der Waals surface area (Å²) in [5.41, 5.74) is 1.05. The van der Waals surface area contributed by atoms with Crippen LogP contribution in [-0.2, 0) is 22.7 Å². The van der Waals surface area contributed by atoms with E-state index in [0.29, 0.717) is 13.2 Å². The maximum absolute atomic E-state index is 11.8. The Kier molecular flexibility index (Phi) is 5.24. The van der Waals surface area contributed by atoms with Gasteiger partial charge < -0.3 is 14.5 Å². The first kappa shape index (κ1) is 15.5. The summed E-state index contributed by atoms with van der Waals surface area (Å²) in [6, 6.07) is 17.5. The maximum Gasteiger partial charge on any atom is 0.246 e. The molecule has 5 heteroatoms. The van der Waals surface area contributed by atoms with Crippen molar-refractivity contribution >= 4 is 17.2 Å². The van der Waals surface area contributed by atoms with Crippen LogP contribution in [0.1, 0.15) is 11.3 Å². The Morgan fingerprint density at radius 2 is 1.96 bits per heavy atom. The van der Waals surface area contributed by atoms with Crippen LogP contribution in [0.15, 0.2) is 64.4 Å². The molecule has 0 bridgehead atoms. The van der Waals surface area contributed by atoms with Gasteiger partial charge in [0.2, 0.25) is 5.91 Å². The first-order chi connectivity index (χ1) is 11.3. The highest BCUT2D eigenvalue weighted by molar-refractivity contribution is 7.13. The average Bonchev–Trinajstić information content (AvgIpc) is 3.25. The van der Waals surface area contributed by atoms with E-state index in [1.165, 1.54) is 0 Å². The summed E-state index contributed by atoms with van der Waals surface area (Å²) in [6.45, 7) is 0.823. The lowest BCUT2D eigenvalue weighted by molar-refractivity contribution is -0.126. The molecule has 0 aliphatic rings. The van der Waals surface area contributed by atoms with Gasteiger partial charge in [0.05, 0.1) is 18.0 Å². The van der Waals surface area contributed by atoms with Crippen molar-refractivity contribution in [1.82, 2.24) is 5.32 Å². The van der Waals surface area contributed by atoms with Crippen molar-refractivity contribution in [2.45, 2.75) is 13.2 Å². The van der Waals surface area contributed by atoms with Crippen molar-refractivity contribution in [3.8, 4) is 10.6 Å². The molecule has 0 spiro atoms. The van der Waals surface area contributed by atoms with E-state index in [4.69, 9.17) is 9.15 Å². The minimum Gasteiger partial charge on any atom is -0.458 e. The number of benzene rings is 1. The van der Waals surface area contributed by atoms with Crippen molar-refractivity contribution in [2.24, 2.45) is 0 Å². The summed E-state index contributed by atoms with van der Waals surface area (Å²) < 4.78 is 11.1. The van der Waals surface area contributed by atoms with Gasteiger partial charge in [-0.15, -0.1) is 11.3 Å². The molecule has 0 aliphatic carbocycles. The second-order valence-electron chi connectivity index (χ2n) is 5.00. The van der Waals surface area contributed by atoms with Gasteiger partial charge in [0.1, 0.15) is 18.1 Å². The highest BCUT2D eigenvalue weighted by atomic mass is 32.1. The fourth-order valence-electron chi connectivity index (χ4n) is 2.10. The Labute approximate surface area is 138 Å². The number of hydrogen-bond donors (Lipinski definition) is 1. The fraction of sp³-hybridized carbons (Fsp3) is 0.167. The van der Waals surface area contributed by atoms with Crippen molar-refractivity contribution in [3.05, 3.63) is 71.3 Å². The van der Waals surface area contributed by atoms with E-state index in [-0.39, 0.29) is 12.5 Å². The number of thiophene rings is 1. The maximum atomic E-state index is 11.8. The summed E-state index contributed by atoms with van der Waals surface area (Å²) in [4.78, 5) is 12.8. The molecule has 0 radical (unpaired) electrons. The number of carbonyl (C=O) groups is 1. The standard InChI is InChI=1S/C18H17NO3S/c20-18(13-21-12-14-5-2-1-3-6-14)19-11-15-8-9-16(22-15)17-7-4-10-23-17/h1-10H,11-13H2,(H,19,20). The predicted molar refractivity (Wildman–Crippen MR) is 90.0 cm³/mol. The summed E-state index contributed by atoms with van der Waals surface area (Å²) in [5.74, 6) is 1.39. The fourth-order valence-corrected chi connectivity index (χ4v) is 2.78. The van der Waals surface area contributed by atoms with E-state index >= 15 is 0 Å². The molecule has 2 heterocycles. The van der Waals surface area contributed by atoms with Gasteiger partial charge in [-0.1, -0.05) is 36.4 Å². The molecule has 3 rings (SSSR count). The molecule has 0 saturated carbocycles. The SMILES string of the molecule is O=C(COCc1ccccc1)NCc1ccc(-c2cccs2)o1. The second kappa shape index (κ2) is 7.76. The highest BCUT2D eigenvalue weighted by Gasteiger charge is 2.07. The third-order valence-corrected chi connectivity index (χ3v) is 4.11. The van der Waals surface area contributed by atoms with E-state index in [2.05, 4.69) is 5.32 Å². The molecule has 0 unspecified atom stereocenters. The zero-order valence-corrected chi connectivity index (χ0v) is 13.3. The molecule has 1 N–H and O–H groups in total.